The largest absolute Gasteiger partial charge is 0.414 e. The van der Waals surface area contributed by atoms with Crippen LogP contribution in [0, 0.1) is 0 Å². The Bertz CT molecular complexity index is 1180. The van der Waals surface area contributed by atoms with Crippen molar-refractivity contribution in [2.75, 3.05) is 6.61 Å². The van der Waals surface area contributed by atoms with Gasteiger partial charge in [-0.3, -0.25) is 0 Å². The molecule has 218 valence electrons. The Labute approximate surface area is 232 Å². The van der Waals surface area contributed by atoms with E-state index in [0.717, 1.165) is 10.7 Å². The van der Waals surface area contributed by atoms with Crippen LogP contribution in [0.2, 0.25) is 55.9 Å². The Balaban J connectivity index is 2.17. The van der Waals surface area contributed by atoms with Crippen LogP contribution in [0.15, 0.2) is 17.3 Å². The topological polar surface area (TPSA) is 128 Å². The SMILES string of the molecule is CC(C)(C)[Si](C)(C)OC[C@H]1O[C@@H](n2cc([Si](C)(C)C)nn2)[C@H](O[Si](C)(C)C(C)(C)C)[C@]12OS(=O)(=O)C=C2N. The number of nitrogens with zero attached hydrogens (tertiary/aromatic N) is 3. The summed E-state index contributed by atoms with van der Waals surface area (Å²) in [6.07, 6.45) is -0.659. The zero-order valence-electron chi connectivity index (χ0n) is 25.4. The van der Waals surface area contributed by atoms with Gasteiger partial charge < -0.3 is 19.3 Å². The molecule has 1 fully saturated rings. The molecule has 2 aliphatic heterocycles. The normalized spacial score (nSPS) is 28.8. The average Bonchev–Trinajstić information content (AvgIpc) is 3.34. The molecule has 3 rings (SSSR count). The lowest BCUT2D eigenvalue weighted by Crippen LogP contribution is -2.59. The lowest BCUT2D eigenvalue weighted by molar-refractivity contribution is -0.0595. The van der Waals surface area contributed by atoms with Crippen LogP contribution in [-0.4, -0.2) is 72.5 Å². The molecule has 14 heteroatoms. The van der Waals surface area contributed by atoms with Gasteiger partial charge in [0.25, 0.3) is 10.1 Å². The Hall–Kier alpha value is -0.879. The van der Waals surface area contributed by atoms with E-state index in [1.54, 1.807) is 4.68 Å². The summed E-state index contributed by atoms with van der Waals surface area (Å²) >= 11 is 0. The molecule has 2 N–H and O–H groups in total. The molecule has 0 saturated carbocycles. The minimum atomic E-state index is -4.06. The van der Waals surface area contributed by atoms with Gasteiger partial charge in [-0.05, 0) is 36.3 Å². The van der Waals surface area contributed by atoms with E-state index in [9.17, 15) is 8.42 Å². The first-order valence-corrected chi connectivity index (χ1v) is 24.0. The van der Waals surface area contributed by atoms with Crippen molar-refractivity contribution < 1.29 is 26.2 Å². The summed E-state index contributed by atoms with van der Waals surface area (Å²) in [5.74, 6) is 0. The summed E-state index contributed by atoms with van der Waals surface area (Å²) in [7, 11) is -10.6. The van der Waals surface area contributed by atoms with Crippen molar-refractivity contribution in [3.05, 3.63) is 17.3 Å². The third-order valence-corrected chi connectivity index (χ3v) is 20.4. The monoisotopic (exact) mass is 604 g/mol. The highest BCUT2D eigenvalue weighted by Gasteiger charge is 2.67. The second kappa shape index (κ2) is 9.60. The van der Waals surface area contributed by atoms with Crippen LogP contribution in [-0.2, 0) is 27.9 Å². The van der Waals surface area contributed by atoms with Gasteiger partial charge in [0.2, 0.25) is 0 Å². The summed E-state index contributed by atoms with van der Waals surface area (Å²) in [5, 5.41) is 10.5. The quantitative estimate of drug-likeness (QED) is 0.362. The summed E-state index contributed by atoms with van der Waals surface area (Å²) in [6, 6.07) is 0. The average molecular weight is 605 g/mol. The van der Waals surface area contributed by atoms with Gasteiger partial charge in [0.05, 0.1) is 23.0 Å². The molecule has 0 amide bonds. The number of hydrogen-bond acceptors (Lipinski definition) is 9. The first kappa shape index (κ1) is 31.6. The van der Waals surface area contributed by atoms with E-state index in [1.165, 1.54) is 0 Å². The maximum Gasteiger partial charge on any atom is 0.292 e. The molecule has 1 spiro atoms. The van der Waals surface area contributed by atoms with Gasteiger partial charge in [-0.15, -0.1) is 5.10 Å². The fourth-order valence-electron chi connectivity index (χ4n) is 3.95. The molecule has 1 aromatic heterocycles. The Kier molecular flexibility index (Phi) is 8.00. The molecule has 1 aromatic rings. The van der Waals surface area contributed by atoms with Gasteiger partial charge in [-0.2, -0.15) is 8.42 Å². The maximum absolute atomic E-state index is 12.9. The second-order valence-corrected chi connectivity index (χ2v) is 30.6. The minimum absolute atomic E-state index is 0.0538. The van der Waals surface area contributed by atoms with Crippen molar-refractivity contribution in [1.29, 1.82) is 0 Å². The number of ether oxygens (including phenoxy) is 1. The number of aromatic nitrogens is 3. The molecule has 0 radical (unpaired) electrons. The Morgan fingerprint density at radius 2 is 1.58 bits per heavy atom. The first-order chi connectivity index (χ1) is 16.8. The number of nitrogens with two attached hydrogens (primary N) is 1. The van der Waals surface area contributed by atoms with Crippen molar-refractivity contribution in [2.45, 2.75) is 121 Å². The summed E-state index contributed by atoms with van der Waals surface area (Å²) in [5.41, 5.74) is 4.99. The highest BCUT2D eigenvalue weighted by molar-refractivity contribution is 7.90. The second-order valence-electron chi connectivity index (χ2n) is 14.7. The molecular weight excluding hydrogens is 557 g/mol. The zero-order chi connectivity index (χ0) is 29.3. The van der Waals surface area contributed by atoms with Crippen molar-refractivity contribution in [2.24, 2.45) is 5.73 Å². The van der Waals surface area contributed by atoms with Gasteiger partial charge in [0, 0.05) is 6.20 Å². The van der Waals surface area contributed by atoms with Crippen LogP contribution < -0.4 is 11.1 Å². The molecule has 10 nitrogen and oxygen atoms in total. The van der Waals surface area contributed by atoms with E-state index in [4.69, 9.17) is 23.5 Å². The predicted octanol–water partition coefficient (Wildman–Crippen LogP) is 4.03. The van der Waals surface area contributed by atoms with E-state index in [0.29, 0.717) is 0 Å². The van der Waals surface area contributed by atoms with Gasteiger partial charge in [0.1, 0.15) is 20.3 Å². The highest BCUT2D eigenvalue weighted by atomic mass is 32.2. The van der Waals surface area contributed by atoms with Gasteiger partial charge in [-0.25, -0.2) is 8.86 Å². The van der Waals surface area contributed by atoms with Crippen molar-refractivity contribution in [1.82, 2.24) is 15.0 Å². The molecule has 0 aliphatic carbocycles. The van der Waals surface area contributed by atoms with Crippen molar-refractivity contribution in [3.8, 4) is 0 Å². The highest BCUT2D eigenvalue weighted by Crippen LogP contribution is 2.52. The summed E-state index contributed by atoms with van der Waals surface area (Å²) in [4.78, 5) is 0. The minimum Gasteiger partial charge on any atom is -0.414 e. The van der Waals surface area contributed by atoms with Crippen molar-refractivity contribution >= 4 is 40.1 Å². The Morgan fingerprint density at radius 1 is 1.03 bits per heavy atom. The van der Waals surface area contributed by atoms with E-state index in [2.05, 4.69) is 97.7 Å². The van der Waals surface area contributed by atoms with Crippen LogP contribution in [0.4, 0.5) is 0 Å². The Morgan fingerprint density at radius 3 is 2.00 bits per heavy atom. The van der Waals surface area contributed by atoms with E-state index < -0.39 is 58.9 Å². The molecule has 0 bridgehead atoms. The summed E-state index contributed by atoms with van der Waals surface area (Å²) < 4.78 is 53.3. The molecule has 1 saturated heterocycles. The lowest BCUT2D eigenvalue weighted by Gasteiger charge is -2.43. The van der Waals surface area contributed by atoms with E-state index >= 15 is 0 Å². The summed E-state index contributed by atoms with van der Waals surface area (Å²) in [6.45, 7) is 28.0. The molecule has 2 aliphatic rings. The molecular formula is C24H48N4O6SSi3. The fraction of sp³-hybridized carbons (Fsp3) is 0.833. The predicted molar refractivity (Wildman–Crippen MR) is 157 cm³/mol. The molecule has 0 aromatic carbocycles. The zero-order valence-corrected chi connectivity index (χ0v) is 29.2. The van der Waals surface area contributed by atoms with Gasteiger partial charge in [-0.1, -0.05) is 66.4 Å². The van der Waals surface area contributed by atoms with Crippen LogP contribution in [0.1, 0.15) is 47.8 Å². The molecule has 0 unspecified atom stereocenters. The van der Waals surface area contributed by atoms with Crippen LogP contribution >= 0.6 is 0 Å². The van der Waals surface area contributed by atoms with E-state index in [1.807, 2.05) is 6.20 Å². The fourth-order valence-corrected chi connectivity index (χ4v) is 8.32. The number of rotatable bonds is 7. The van der Waals surface area contributed by atoms with Crippen LogP contribution in [0.5, 0.6) is 0 Å². The van der Waals surface area contributed by atoms with Gasteiger partial charge >= 0.3 is 0 Å². The van der Waals surface area contributed by atoms with Crippen molar-refractivity contribution in [3.63, 3.8) is 0 Å². The van der Waals surface area contributed by atoms with E-state index in [-0.39, 0.29) is 22.4 Å². The smallest absolute Gasteiger partial charge is 0.292 e. The van der Waals surface area contributed by atoms with Crippen LogP contribution in [0.25, 0.3) is 0 Å². The van der Waals surface area contributed by atoms with Gasteiger partial charge in [0.15, 0.2) is 28.5 Å². The number of hydrogen-bond donors (Lipinski definition) is 1. The third kappa shape index (κ3) is 5.78. The maximum atomic E-state index is 12.9. The molecule has 4 atom stereocenters. The first-order valence-electron chi connectivity index (χ1n) is 13.2. The lowest BCUT2D eigenvalue weighted by atomic mass is 9.89. The molecule has 3 heterocycles. The molecule has 38 heavy (non-hydrogen) atoms. The third-order valence-electron chi connectivity index (χ3n) is 8.61. The standard InChI is InChI=1S/C24H48N4O6SSi3/c1-22(2,3)37(10,11)31-15-18-24(17(25)16-35(29,30)34-24)20(33-38(12,13)23(4,5)6)21(32-18)28-14-19(26-27-28)36(7,8)9/h14,16,18,20-21H,15,25H2,1-13H3/t18-,20+,21-,24-/m1/s1. The van der Waals surface area contributed by atoms with Crippen LogP contribution in [0.3, 0.4) is 0 Å².